The fourth-order valence-electron chi connectivity index (χ4n) is 8.77. The lowest BCUT2D eigenvalue weighted by Crippen LogP contribution is -2.47. The number of carbonyl (C=O) groups is 1. The number of morpholine rings is 1. The number of phenolic OH excluding ortho intramolecular Hbond substituents is 1. The highest BCUT2D eigenvalue weighted by Crippen LogP contribution is 2.40. The Morgan fingerprint density at radius 1 is 1.19 bits per heavy atom. The molecule has 0 saturated carbocycles. The van der Waals surface area contributed by atoms with Gasteiger partial charge >= 0.3 is 6.01 Å². The third-order valence-electron chi connectivity index (χ3n) is 11.7. The minimum Gasteiger partial charge on any atom is -0.508 e. The number of ether oxygens (including phenoxy) is 2. The third-order valence-corrected chi connectivity index (χ3v) is 11.7. The summed E-state index contributed by atoms with van der Waals surface area (Å²) in [5.74, 6) is 1.26. The number of anilines is 3. The number of likely N-dealkylation sites (N-methyl/N-ethyl adjacent to an activating group) is 1. The first-order chi connectivity index (χ1) is 28.4. The van der Waals surface area contributed by atoms with Crippen molar-refractivity contribution in [1.82, 2.24) is 24.8 Å². The largest absolute Gasteiger partial charge is 0.508 e. The molecule has 0 aliphatic carbocycles. The Bertz CT molecular complexity index is 2480. The molecule has 5 aromatic rings. The summed E-state index contributed by atoms with van der Waals surface area (Å²) in [6.45, 7) is 10.6. The monoisotopic (exact) mass is 806 g/mol. The Morgan fingerprint density at radius 3 is 2.76 bits per heavy atom. The molecule has 2 aromatic carbocycles. The van der Waals surface area contributed by atoms with Gasteiger partial charge in [0.25, 0.3) is 0 Å². The number of hydrogen-bond donors (Lipinski definition) is 1. The molecule has 8 rings (SSSR count). The molecule has 3 saturated heterocycles. The molecule has 0 radical (unpaired) electrons. The van der Waals surface area contributed by atoms with Gasteiger partial charge in [-0.15, -0.1) is 6.42 Å². The fraction of sp³-hybridized carbons (Fsp3) is 0.386. The molecule has 0 bridgehead atoms. The summed E-state index contributed by atoms with van der Waals surface area (Å²) in [6, 6.07) is 9.01. The smallest absolute Gasteiger partial charge is 0.319 e. The quantitative estimate of drug-likeness (QED) is 0.124. The standard InChI is InChI=1S/C44H45F3N8O4/c1-6-32-35(46)12-10-27-17-31(56)18-33(38(27)32)40-39(47)41-34(21-49-40)42(52(5)23-30-9-8-14-54(30)37(57)7-2)51-43(50-41)59-25-44(4)19-28(45)22-55(44)36-13-11-29(20-48-36)53-15-16-58-24-26(53)3/h1,7,10-13,17-18,20-21,26,28,30,56H,2,8-9,14-16,19,22-25H2,3-5H3/t26-,28+,30-,44-/m0/s1. The number of phenols is 1. The Morgan fingerprint density at radius 2 is 2.02 bits per heavy atom. The number of halogens is 3. The van der Waals surface area contributed by atoms with Crippen LogP contribution in [0.3, 0.4) is 0 Å². The molecule has 0 spiro atoms. The van der Waals surface area contributed by atoms with Gasteiger partial charge in [0.15, 0.2) is 5.82 Å². The number of amides is 1. The molecule has 3 aliphatic heterocycles. The zero-order valence-corrected chi connectivity index (χ0v) is 33.2. The molecule has 3 aliphatic rings. The van der Waals surface area contributed by atoms with Crippen LogP contribution in [-0.4, -0.2) is 113 Å². The Hall–Kier alpha value is -6.14. The summed E-state index contributed by atoms with van der Waals surface area (Å²) < 4.78 is 59.4. The van der Waals surface area contributed by atoms with E-state index in [1.165, 1.54) is 36.5 Å². The second kappa shape index (κ2) is 15.9. The van der Waals surface area contributed by atoms with Crippen LogP contribution < -0.4 is 19.4 Å². The van der Waals surface area contributed by atoms with Crippen LogP contribution in [0, 0.1) is 24.0 Å². The summed E-state index contributed by atoms with van der Waals surface area (Å²) >= 11 is 0. The lowest BCUT2D eigenvalue weighted by atomic mass is 9.96. The normalized spacial score (nSPS) is 21.9. The van der Waals surface area contributed by atoms with Crippen molar-refractivity contribution < 1.29 is 32.5 Å². The topological polar surface area (TPSA) is 120 Å². The number of benzene rings is 2. The van der Waals surface area contributed by atoms with Crippen LogP contribution in [0.4, 0.5) is 30.5 Å². The van der Waals surface area contributed by atoms with Crippen molar-refractivity contribution in [2.45, 2.75) is 56.9 Å². The molecule has 4 atom stereocenters. The van der Waals surface area contributed by atoms with Gasteiger partial charge in [0, 0.05) is 62.3 Å². The van der Waals surface area contributed by atoms with Gasteiger partial charge in [-0.05, 0) is 68.5 Å². The van der Waals surface area contributed by atoms with E-state index in [4.69, 9.17) is 25.9 Å². The number of aromatic nitrogens is 4. The number of nitrogens with zero attached hydrogens (tertiary/aromatic N) is 8. The molecule has 3 fully saturated rings. The average Bonchev–Trinajstić information content (AvgIpc) is 3.82. The molecular weight excluding hydrogens is 762 g/mol. The number of alkyl halides is 1. The van der Waals surface area contributed by atoms with E-state index >= 15 is 13.2 Å². The Labute approximate surface area is 340 Å². The van der Waals surface area contributed by atoms with Crippen LogP contribution in [0.1, 0.15) is 38.7 Å². The molecule has 6 heterocycles. The van der Waals surface area contributed by atoms with Gasteiger partial charge in [-0.3, -0.25) is 9.78 Å². The van der Waals surface area contributed by atoms with E-state index in [-0.39, 0.29) is 88.3 Å². The third kappa shape index (κ3) is 7.41. The molecule has 1 N–H and O–H groups in total. The van der Waals surface area contributed by atoms with Crippen LogP contribution in [0.2, 0.25) is 0 Å². The summed E-state index contributed by atoms with van der Waals surface area (Å²) in [6.07, 6.45) is 10.7. The number of likely N-dealkylation sites (tertiary alicyclic amines) is 1. The van der Waals surface area contributed by atoms with E-state index < -0.39 is 23.3 Å². The van der Waals surface area contributed by atoms with Crippen LogP contribution in [0.25, 0.3) is 32.9 Å². The second-order valence-electron chi connectivity index (χ2n) is 15.8. The number of hydrogen-bond acceptors (Lipinski definition) is 11. The Kier molecular flexibility index (Phi) is 10.7. The number of pyridine rings is 2. The number of fused-ring (bicyclic) bond motifs is 2. The van der Waals surface area contributed by atoms with Gasteiger partial charge in [-0.1, -0.05) is 18.6 Å². The van der Waals surface area contributed by atoms with Crippen LogP contribution in [0.15, 0.2) is 61.4 Å². The SMILES string of the molecule is C#Cc1c(F)ccc2cc(O)cc(-c3ncc4c(N(C)C[C@@H]5CCCN5C(=O)C=C)nc(OC[C@]5(C)C[C@@H](F)CN5c5ccc(N6CCOC[C@@H]6C)cn5)nc4c3F)c12. The van der Waals surface area contributed by atoms with Gasteiger partial charge in [0.2, 0.25) is 5.91 Å². The lowest BCUT2D eigenvalue weighted by Gasteiger charge is -2.37. The first-order valence-electron chi connectivity index (χ1n) is 19.7. The first-order valence-corrected chi connectivity index (χ1v) is 19.7. The molecule has 3 aromatic heterocycles. The highest BCUT2D eigenvalue weighted by Gasteiger charge is 2.44. The lowest BCUT2D eigenvalue weighted by molar-refractivity contribution is -0.126. The minimum atomic E-state index is -1.17. The second-order valence-corrected chi connectivity index (χ2v) is 15.8. The Balaban J connectivity index is 1.17. The van der Waals surface area contributed by atoms with Crippen molar-refractivity contribution in [2.75, 3.05) is 67.7 Å². The molecule has 306 valence electrons. The van der Waals surface area contributed by atoms with Crippen molar-refractivity contribution in [3.63, 3.8) is 0 Å². The summed E-state index contributed by atoms with van der Waals surface area (Å²) in [4.78, 5) is 38.9. The molecular formula is C44H45F3N8O4. The summed E-state index contributed by atoms with van der Waals surface area (Å²) in [5.41, 5.74) is -0.373. The molecule has 12 nitrogen and oxygen atoms in total. The minimum absolute atomic E-state index is 0.0667. The first kappa shape index (κ1) is 39.7. The highest BCUT2D eigenvalue weighted by atomic mass is 19.1. The van der Waals surface area contributed by atoms with Gasteiger partial charge in [-0.25, -0.2) is 18.2 Å². The van der Waals surface area contributed by atoms with Crippen molar-refractivity contribution in [3.05, 3.63) is 78.6 Å². The fourth-order valence-corrected chi connectivity index (χ4v) is 8.77. The van der Waals surface area contributed by atoms with Gasteiger partial charge in [-0.2, -0.15) is 9.97 Å². The molecule has 1 amide bonds. The molecule has 0 unspecified atom stereocenters. The molecule has 59 heavy (non-hydrogen) atoms. The van der Waals surface area contributed by atoms with Gasteiger partial charge < -0.3 is 34.2 Å². The van der Waals surface area contributed by atoms with Crippen LogP contribution >= 0.6 is 0 Å². The van der Waals surface area contributed by atoms with E-state index in [9.17, 15) is 9.90 Å². The van der Waals surface area contributed by atoms with Crippen molar-refractivity contribution in [2.24, 2.45) is 0 Å². The molecule has 15 heteroatoms. The summed E-state index contributed by atoms with van der Waals surface area (Å²) in [7, 11) is 1.78. The summed E-state index contributed by atoms with van der Waals surface area (Å²) in [5, 5.41) is 11.5. The predicted molar refractivity (Wildman–Crippen MR) is 221 cm³/mol. The van der Waals surface area contributed by atoms with E-state index in [0.717, 1.165) is 25.1 Å². The maximum Gasteiger partial charge on any atom is 0.319 e. The van der Waals surface area contributed by atoms with Crippen molar-refractivity contribution in [1.29, 1.82) is 0 Å². The number of aromatic hydroxyl groups is 1. The van der Waals surface area contributed by atoms with Crippen LogP contribution in [-0.2, 0) is 9.53 Å². The zero-order valence-electron chi connectivity index (χ0n) is 33.2. The van der Waals surface area contributed by atoms with Gasteiger partial charge in [0.05, 0.1) is 48.1 Å². The highest BCUT2D eigenvalue weighted by molar-refractivity contribution is 6.03. The van der Waals surface area contributed by atoms with Gasteiger partial charge in [0.1, 0.15) is 47.2 Å². The van der Waals surface area contributed by atoms with E-state index in [0.29, 0.717) is 37.5 Å². The van der Waals surface area contributed by atoms with Crippen LogP contribution in [0.5, 0.6) is 11.8 Å². The van der Waals surface area contributed by atoms with E-state index in [2.05, 4.69) is 34.3 Å². The number of terminal acetylenes is 1. The zero-order chi connectivity index (χ0) is 41.6. The predicted octanol–water partition coefficient (Wildman–Crippen LogP) is 6.43. The average molecular weight is 807 g/mol. The van der Waals surface area contributed by atoms with E-state index in [1.807, 2.05) is 24.0 Å². The number of carbonyl (C=O) groups excluding carboxylic acids is 1. The maximum atomic E-state index is 17.1. The van der Waals surface area contributed by atoms with E-state index in [1.54, 1.807) is 23.0 Å². The number of rotatable bonds is 10. The van der Waals surface area contributed by atoms with Crippen molar-refractivity contribution in [3.8, 4) is 35.4 Å². The maximum absolute atomic E-state index is 17.1. The van der Waals surface area contributed by atoms with Crippen molar-refractivity contribution >= 4 is 44.9 Å².